The number of hydrogen-bond donors (Lipinski definition) is 2. The molecule has 0 aromatic carbocycles. The molecule has 0 amide bonds. The average Bonchev–Trinajstić information content (AvgIpc) is 2.74. The summed E-state index contributed by atoms with van der Waals surface area (Å²) < 4.78 is 5.60. The van der Waals surface area contributed by atoms with Crippen LogP contribution in [0.4, 0.5) is 11.4 Å². The van der Waals surface area contributed by atoms with Gasteiger partial charge < -0.3 is 15.2 Å². The number of nitrogens with zero attached hydrogens (tertiary/aromatic N) is 2. The van der Waals surface area contributed by atoms with Crippen molar-refractivity contribution >= 4 is 33.3 Å². The second-order valence-electron chi connectivity index (χ2n) is 4.71. The second kappa shape index (κ2) is 5.33. The van der Waals surface area contributed by atoms with E-state index in [-0.39, 0.29) is 24.6 Å². The van der Waals surface area contributed by atoms with E-state index in [1.807, 2.05) is 0 Å². The topological polar surface area (TPSA) is 115 Å². The zero-order chi connectivity index (χ0) is 14.9. The number of hydrogen-bond acceptors (Lipinski definition) is 6. The van der Waals surface area contributed by atoms with Gasteiger partial charge in [-0.1, -0.05) is 0 Å². The third-order valence-corrected chi connectivity index (χ3v) is 3.94. The van der Waals surface area contributed by atoms with Crippen molar-refractivity contribution in [2.75, 3.05) is 18.5 Å². The first-order chi connectivity index (χ1) is 9.36. The Hall–Kier alpha value is -1.74. The van der Waals surface area contributed by atoms with E-state index in [0.29, 0.717) is 4.47 Å². The van der Waals surface area contributed by atoms with Crippen LogP contribution in [0.3, 0.4) is 0 Å². The van der Waals surface area contributed by atoms with E-state index in [1.165, 1.54) is 6.20 Å². The Kier molecular flexibility index (Phi) is 3.91. The number of carboxylic acid groups (broad SMARTS) is 1. The number of ether oxygens (including phenoxy) is 1. The Morgan fingerprint density at radius 1 is 1.70 bits per heavy atom. The summed E-state index contributed by atoms with van der Waals surface area (Å²) in [7, 11) is 0. The highest BCUT2D eigenvalue weighted by molar-refractivity contribution is 9.10. The molecule has 1 aromatic heterocycles. The Morgan fingerprint density at radius 2 is 2.40 bits per heavy atom. The normalized spacial score (nSPS) is 25.4. The SMILES string of the molecule is CC1(C(=O)O)COCC1Nc1c(Br)cncc1[N+](=O)[O-]. The molecule has 20 heavy (non-hydrogen) atoms. The predicted octanol–water partition coefficient (Wildman–Crippen LogP) is 1.65. The molecule has 2 N–H and O–H groups in total. The van der Waals surface area contributed by atoms with Gasteiger partial charge >= 0.3 is 11.7 Å². The molecule has 8 nitrogen and oxygen atoms in total. The fourth-order valence-corrected chi connectivity index (χ4v) is 2.40. The number of aliphatic carboxylic acids is 1. The smallest absolute Gasteiger partial charge is 0.313 e. The van der Waals surface area contributed by atoms with Crippen LogP contribution in [0.5, 0.6) is 0 Å². The first-order valence-corrected chi connectivity index (χ1v) is 6.51. The summed E-state index contributed by atoms with van der Waals surface area (Å²) in [6, 6.07) is -0.572. The van der Waals surface area contributed by atoms with Gasteiger partial charge in [0.1, 0.15) is 17.3 Å². The maximum absolute atomic E-state index is 11.3. The van der Waals surface area contributed by atoms with Crippen LogP contribution in [0.1, 0.15) is 6.92 Å². The van der Waals surface area contributed by atoms with Crippen molar-refractivity contribution in [1.29, 1.82) is 0 Å². The van der Waals surface area contributed by atoms with Gasteiger partial charge in [0, 0.05) is 6.20 Å². The zero-order valence-corrected chi connectivity index (χ0v) is 12.1. The molecule has 0 aliphatic carbocycles. The summed E-state index contributed by atoms with van der Waals surface area (Å²) in [4.78, 5) is 25.5. The summed E-state index contributed by atoms with van der Waals surface area (Å²) in [6.45, 7) is 1.76. The average molecular weight is 346 g/mol. The summed E-state index contributed by atoms with van der Waals surface area (Å²) in [5, 5.41) is 23.2. The molecule has 2 heterocycles. The van der Waals surface area contributed by atoms with E-state index in [2.05, 4.69) is 26.2 Å². The van der Waals surface area contributed by atoms with Crippen molar-refractivity contribution < 1.29 is 19.6 Å². The Morgan fingerprint density at radius 3 is 3.00 bits per heavy atom. The molecule has 1 fully saturated rings. The highest BCUT2D eigenvalue weighted by Crippen LogP contribution is 2.37. The standard InChI is InChI=1S/C11H12BrN3O5/c1-11(10(16)17)5-20-4-8(11)14-9-6(12)2-13-3-7(9)15(18)19/h2-3,8H,4-5H2,1H3,(H,13,14)(H,16,17). The maximum atomic E-state index is 11.3. The van der Waals surface area contributed by atoms with Gasteiger partial charge in [0.05, 0.1) is 28.7 Å². The van der Waals surface area contributed by atoms with Crippen LogP contribution in [0.2, 0.25) is 0 Å². The van der Waals surface area contributed by atoms with Gasteiger partial charge in [-0.2, -0.15) is 0 Å². The van der Waals surface area contributed by atoms with E-state index >= 15 is 0 Å². The largest absolute Gasteiger partial charge is 0.481 e. The summed E-state index contributed by atoms with van der Waals surface area (Å²) in [5.74, 6) is -1.01. The molecule has 0 radical (unpaired) electrons. The number of aromatic nitrogens is 1. The molecule has 1 aliphatic rings. The molecule has 2 unspecified atom stereocenters. The molecule has 1 saturated heterocycles. The van der Waals surface area contributed by atoms with Gasteiger partial charge in [-0.25, -0.2) is 0 Å². The predicted molar refractivity (Wildman–Crippen MR) is 72.6 cm³/mol. The monoisotopic (exact) mass is 345 g/mol. The van der Waals surface area contributed by atoms with Gasteiger partial charge in [-0.15, -0.1) is 0 Å². The van der Waals surface area contributed by atoms with Crippen LogP contribution in [0.25, 0.3) is 0 Å². The summed E-state index contributed by atoms with van der Waals surface area (Å²) >= 11 is 3.18. The first-order valence-electron chi connectivity index (χ1n) is 5.72. The molecular formula is C11H12BrN3O5. The number of nitrogens with one attached hydrogen (secondary N) is 1. The molecular weight excluding hydrogens is 334 g/mol. The van der Waals surface area contributed by atoms with Crippen LogP contribution in [-0.2, 0) is 9.53 Å². The van der Waals surface area contributed by atoms with Crippen molar-refractivity contribution in [2.45, 2.75) is 13.0 Å². The fourth-order valence-electron chi connectivity index (χ4n) is 1.97. The highest BCUT2D eigenvalue weighted by atomic mass is 79.9. The third kappa shape index (κ3) is 2.46. The Bertz CT molecular complexity index is 567. The number of pyridine rings is 1. The lowest BCUT2D eigenvalue weighted by molar-refractivity contribution is -0.384. The fraction of sp³-hybridized carbons (Fsp3) is 0.455. The lowest BCUT2D eigenvalue weighted by Gasteiger charge is -2.26. The number of halogens is 1. The van der Waals surface area contributed by atoms with Crippen LogP contribution in [-0.4, -0.2) is 40.2 Å². The minimum absolute atomic E-state index is 0.0521. The van der Waals surface area contributed by atoms with Crippen LogP contribution >= 0.6 is 15.9 Å². The molecule has 9 heteroatoms. The molecule has 0 spiro atoms. The number of carbonyl (C=O) groups is 1. The quantitative estimate of drug-likeness (QED) is 0.629. The minimum Gasteiger partial charge on any atom is -0.481 e. The van der Waals surface area contributed by atoms with Crippen molar-refractivity contribution in [3.63, 3.8) is 0 Å². The Labute approximate surface area is 122 Å². The number of rotatable bonds is 4. The van der Waals surface area contributed by atoms with Gasteiger partial charge in [0.2, 0.25) is 0 Å². The second-order valence-corrected chi connectivity index (χ2v) is 5.56. The van der Waals surface area contributed by atoms with E-state index in [1.54, 1.807) is 6.92 Å². The number of anilines is 1. The highest BCUT2D eigenvalue weighted by Gasteiger charge is 2.47. The van der Waals surface area contributed by atoms with Crippen LogP contribution in [0.15, 0.2) is 16.9 Å². The van der Waals surface area contributed by atoms with Crippen molar-refractivity contribution in [3.8, 4) is 0 Å². The minimum atomic E-state index is -1.14. The number of nitro groups is 1. The van der Waals surface area contributed by atoms with Gasteiger partial charge in [0.15, 0.2) is 0 Å². The summed E-state index contributed by atoms with van der Waals surface area (Å²) in [5.41, 5.74) is -1.16. The lowest BCUT2D eigenvalue weighted by atomic mass is 9.85. The van der Waals surface area contributed by atoms with Crippen LogP contribution in [0, 0.1) is 15.5 Å². The first kappa shape index (κ1) is 14.7. The maximum Gasteiger partial charge on any atom is 0.313 e. The van der Waals surface area contributed by atoms with E-state index in [0.717, 1.165) is 6.20 Å². The third-order valence-electron chi connectivity index (χ3n) is 3.34. The Balaban J connectivity index is 2.35. The van der Waals surface area contributed by atoms with Gasteiger partial charge in [0.25, 0.3) is 0 Å². The van der Waals surface area contributed by atoms with Crippen molar-refractivity contribution in [3.05, 3.63) is 27.0 Å². The molecule has 2 rings (SSSR count). The lowest BCUT2D eigenvalue weighted by Crippen LogP contribution is -2.43. The van der Waals surface area contributed by atoms with Gasteiger partial charge in [-0.05, 0) is 22.9 Å². The molecule has 2 atom stereocenters. The number of carboxylic acids is 1. The van der Waals surface area contributed by atoms with Crippen LogP contribution < -0.4 is 5.32 Å². The van der Waals surface area contributed by atoms with E-state index < -0.39 is 22.3 Å². The molecule has 1 aromatic rings. The van der Waals surface area contributed by atoms with Crippen molar-refractivity contribution in [1.82, 2.24) is 4.98 Å². The van der Waals surface area contributed by atoms with E-state index in [9.17, 15) is 20.0 Å². The molecule has 1 aliphatic heterocycles. The molecule has 0 bridgehead atoms. The summed E-state index contributed by atoms with van der Waals surface area (Å²) in [6.07, 6.45) is 2.52. The zero-order valence-electron chi connectivity index (χ0n) is 10.5. The van der Waals surface area contributed by atoms with E-state index in [4.69, 9.17) is 4.74 Å². The molecule has 108 valence electrons. The van der Waals surface area contributed by atoms with Gasteiger partial charge in [-0.3, -0.25) is 19.9 Å². The molecule has 0 saturated carbocycles. The van der Waals surface area contributed by atoms with Crippen molar-refractivity contribution in [2.24, 2.45) is 5.41 Å².